The summed E-state index contributed by atoms with van der Waals surface area (Å²) in [5.41, 5.74) is 0.961. The van der Waals surface area contributed by atoms with Crippen LogP contribution in [0.4, 0.5) is 5.82 Å². The maximum Gasteiger partial charge on any atom is 0.138 e. The molecule has 0 spiro atoms. The van der Waals surface area contributed by atoms with Crippen LogP contribution in [0.2, 0.25) is 0 Å². The minimum atomic E-state index is 0.373. The Morgan fingerprint density at radius 2 is 2.26 bits per heavy atom. The van der Waals surface area contributed by atoms with E-state index in [0.29, 0.717) is 6.04 Å². The largest absolute Gasteiger partial charge is 0.469 e. The average molecular weight is 255 g/mol. The van der Waals surface area contributed by atoms with Gasteiger partial charge in [0.25, 0.3) is 0 Å². The molecule has 3 aromatic heterocycles. The van der Waals surface area contributed by atoms with Gasteiger partial charge in [-0.15, -0.1) is 0 Å². The van der Waals surface area contributed by atoms with E-state index in [9.17, 15) is 0 Å². The Labute approximate surface area is 112 Å². The zero-order valence-electron chi connectivity index (χ0n) is 10.9. The number of rotatable bonds is 5. The molecule has 3 rings (SSSR count). The molecule has 0 radical (unpaired) electrons. The van der Waals surface area contributed by atoms with E-state index in [1.807, 2.05) is 36.7 Å². The second kappa shape index (κ2) is 5.18. The van der Waals surface area contributed by atoms with Crippen molar-refractivity contribution < 1.29 is 4.42 Å². The summed E-state index contributed by atoms with van der Waals surface area (Å²) < 4.78 is 7.41. The van der Waals surface area contributed by atoms with E-state index >= 15 is 0 Å². The van der Waals surface area contributed by atoms with Gasteiger partial charge in [-0.3, -0.25) is 4.40 Å². The first-order valence-electron chi connectivity index (χ1n) is 6.54. The topological polar surface area (TPSA) is 42.5 Å². The summed E-state index contributed by atoms with van der Waals surface area (Å²) in [4.78, 5) is 4.28. The van der Waals surface area contributed by atoms with Crippen LogP contribution in [0.3, 0.4) is 0 Å². The fraction of sp³-hybridized carbons (Fsp3) is 0.267. The molecule has 1 atom stereocenters. The molecule has 0 aliphatic carbocycles. The van der Waals surface area contributed by atoms with Crippen LogP contribution in [-0.4, -0.2) is 15.4 Å². The number of aryl methyl sites for hydroxylation is 1. The summed E-state index contributed by atoms with van der Waals surface area (Å²) >= 11 is 0. The third-order valence-corrected chi connectivity index (χ3v) is 3.23. The Bertz CT molecular complexity index is 642. The van der Waals surface area contributed by atoms with Crippen LogP contribution in [0.5, 0.6) is 0 Å². The van der Waals surface area contributed by atoms with E-state index in [-0.39, 0.29) is 0 Å². The quantitative estimate of drug-likeness (QED) is 0.760. The van der Waals surface area contributed by atoms with Crippen LogP contribution < -0.4 is 5.32 Å². The molecule has 0 aliphatic heterocycles. The Balaban J connectivity index is 1.65. The molecule has 3 aromatic rings. The molecular weight excluding hydrogens is 238 g/mol. The first kappa shape index (κ1) is 11.8. The molecule has 98 valence electrons. The average Bonchev–Trinajstić information content (AvgIpc) is 3.08. The maximum atomic E-state index is 5.35. The number of imidazole rings is 1. The number of pyridine rings is 1. The molecular formula is C15H17N3O. The summed E-state index contributed by atoms with van der Waals surface area (Å²) in [5, 5.41) is 3.51. The van der Waals surface area contributed by atoms with Crippen molar-refractivity contribution in [1.29, 1.82) is 0 Å². The lowest BCUT2D eigenvalue weighted by Gasteiger charge is -2.15. The van der Waals surface area contributed by atoms with E-state index in [0.717, 1.165) is 30.1 Å². The highest BCUT2D eigenvalue weighted by atomic mass is 16.3. The van der Waals surface area contributed by atoms with E-state index in [2.05, 4.69) is 27.7 Å². The van der Waals surface area contributed by atoms with Gasteiger partial charge in [0, 0.05) is 24.9 Å². The van der Waals surface area contributed by atoms with Gasteiger partial charge in [-0.1, -0.05) is 6.07 Å². The smallest absolute Gasteiger partial charge is 0.138 e. The van der Waals surface area contributed by atoms with Crippen LogP contribution in [0.25, 0.3) is 5.65 Å². The zero-order chi connectivity index (χ0) is 13.1. The molecule has 3 heterocycles. The lowest BCUT2D eigenvalue weighted by Crippen LogP contribution is -2.17. The second-order valence-electron chi connectivity index (χ2n) is 4.73. The van der Waals surface area contributed by atoms with Gasteiger partial charge in [-0.2, -0.15) is 0 Å². The monoisotopic (exact) mass is 255 g/mol. The molecule has 4 heteroatoms. The molecule has 1 unspecified atom stereocenters. The Morgan fingerprint density at radius 3 is 3.11 bits per heavy atom. The molecule has 0 saturated heterocycles. The van der Waals surface area contributed by atoms with Crippen molar-refractivity contribution in [3.05, 3.63) is 54.7 Å². The van der Waals surface area contributed by atoms with Gasteiger partial charge < -0.3 is 9.73 Å². The minimum absolute atomic E-state index is 0.373. The van der Waals surface area contributed by atoms with Crippen molar-refractivity contribution in [2.24, 2.45) is 0 Å². The summed E-state index contributed by atoms with van der Waals surface area (Å²) in [6.07, 6.45) is 7.48. The van der Waals surface area contributed by atoms with Crippen molar-refractivity contribution in [2.45, 2.75) is 25.8 Å². The number of nitrogens with one attached hydrogen (secondary N) is 1. The summed E-state index contributed by atoms with van der Waals surface area (Å²) in [5.74, 6) is 2.11. The fourth-order valence-corrected chi connectivity index (χ4v) is 2.20. The molecule has 0 aromatic carbocycles. The number of nitrogens with zero attached hydrogens (tertiary/aromatic N) is 2. The van der Waals surface area contributed by atoms with Gasteiger partial charge in [0.05, 0.1) is 6.26 Å². The van der Waals surface area contributed by atoms with Crippen LogP contribution >= 0.6 is 0 Å². The lowest BCUT2D eigenvalue weighted by atomic mass is 10.1. The summed E-state index contributed by atoms with van der Waals surface area (Å²) in [7, 11) is 0. The standard InChI is InChI=1S/C15H17N3O/c1-12(7-8-13-4-3-11-19-13)17-15-6-2-5-14-16-9-10-18(14)15/h2-6,9-12,17H,7-8H2,1H3. The summed E-state index contributed by atoms with van der Waals surface area (Å²) in [6.45, 7) is 2.18. The predicted octanol–water partition coefficient (Wildman–Crippen LogP) is 3.36. The highest BCUT2D eigenvalue weighted by molar-refractivity contribution is 5.50. The number of furan rings is 1. The lowest BCUT2D eigenvalue weighted by molar-refractivity contribution is 0.494. The number of hydrogen-bond donors (Lipinski definition) is 1. The van der Waals surface area contributed by atoms with Crippen LogP contribution in [-0.2, 0) is 6.42 Å². The van der Waals surface area contributed by atoms with Gasteiger partial charge in [0.2, 0.25) is 0 Å². The normalized spacial score (nSPS) is 12.7. The second-order valence-corrected chi connectivity index (χ2v) is 4.73. The van der Waals surface area contributed by atoms with Crippen molar-refractivity contribution in [2.75, 3.05) is 5.32 Å². The third kappa shape index (κ3) is 2.62. The highest BCUT2D eigenvalue weighted by Gasteiger charge is 2.06. The number of anilines is 1. The van der Waals surface area contributed by atoms with Crippen molar-refractivity contribution in [3.8, 4) is 0 Å². The first-order valence-corrected chi connectivity index (χ1v) is 6.54. The van der Waals surface area contributed by atoms with E-state index < -0.39 is 0 Å². The van der Waals surface area contributed by atoms with Crippen LogP contribution in [0.15, 0.2) is 53.4 Å². The molecule has 19 heavy (non-hydrogen) atoms. The number of fused-ring (bicyclic) bond motifs is 1. The first-order chi connectivity index (χ1) is 9.33. The van der Waals surface area contributed by atoms with Crippen LogP contribution in [0.1, 0.15) is 19.1 Å². The minimum Gasteiger partial charge on any atom is -0.469 e. The molecule has 0 amide bonds. The Kier molecular flexibility index (Phi) is 3.23. The molecule has 0 fully saturated rings. The molecule has 4 nitrogen and oxygen atoms in total. The Morgan fingerprint density at radius 1 is 1.32 bits per heavy atom. The SMILES string of the molecule is CC(CCc1ccco1)Nc1cccc2nccn12. The van der Waals surface area contributed by atoms with Crippen molar-refractivity contribution in [1.82, 2.24) is 9.38 Å². The van der Waals surface area contributed by atoms with E-state index in [4.69, 9.17) is 4.42 Å². The van der Waals surface area contributed by atoms with Gasteiger partial charge in [-0.25, -0.2) is 4.98 Å². The molecule has 0 aliphatic rings. The van der Waals surface area contributed by atoms with E-state index in [1.165, 1.54) is 0 Å². The molecule has 0 bridgehead atoms. The Hall–Kier alpha value is -2.23. The van der Waals surface area contributed by atoms with Gasteiger partial charge >= 0.3 is 0 Å². The van der Waals surface area contributed by atoms with Gasteiger partial charge in [-0.05, 0) is 37.6 Å². The summed E-state index contributed by atoms with van der Waals surface area (Å²) in [6, 6.07) is 10.4. The zero-order valence-corrected chi connectivity index (χ0v) is 10.9. The van der Waals surface area contributed by atoms with E-state index in [1.54, 1.807) is 6.26 Å². The van der Waals surface area contributed by atoms with Crippen LogP contribution in [0, 0.1) is 0 Å². The molecule has 0 saturated carbocycles. The fourth-order valence-electron chi connectivity index (χ4n) is 2.20. The van der Waals surface area contributed by atoms with Gasteiger partial charge in [0.15, 0.2) is 0 Å². The highest BCUT2D eigenvalue weighted by Crippen LogP contribution is 2.14. The number of hydrogen-bond acceptors (Lipinski definition) is 3. The van der Waals surface area contributed by atoms with Crippen molar-refractivity contribution >= 4 is 11.5 Å². The number of aromatic nitrogens is 2. The predicted molar refractivity (Wildman–Crippen MR) is 75.3 cm³/mol. The molecule has 1 N–H and O–H groups in total. The third-order valence-electron chi connectivity index (χ3n) is 3.23. The maximum absolute atomic E-state index is 5.35. The van der Waals surface area contributed by atoms with Gasteiger partial charge in [0.1, 0.15) is 17.2 Å². The van der Waals surface area contributed by atoms with Crippen molar-refractivity contribution in [3.63, 3.8) is 0 Å².